The second-order valence-electron chi connectivity index (χ2n) is 4.79. The van der Waals surface area contributed by atoms with E-state index in [2.05, 4.69) is 4.98 Å². The number of aromatic nitrogens is 1. The summed E-state index contributed by atoms with van der Waals surface area (Å²) in [6.07, 6.45) is 1.74. The number of aryl methyl sites for hydroxylation is 1. The molecule has 0 saturated carbocycles. The first kappa shape index (κ1) is 15.1. The van der Waals surface area contributed by atoms with Gasteiger partial charge in [-0.25, -0.2) is 9.78 Å². The number of ether oxygens (including phenoxy) is 1. The molecule has 2 heterocycles. The minimum Gasteiger partial charge on any atom is -0.465 e. The van der Waals surface area contributed by atoms with Gasteiger partial charge < -0.3 is 4.74 Å². The van der Waals surface area contributed by atoms with E-state index < -0.39 is 0 Å². The predicted molar refractivity (Wildman–Crippen MR) is 87.3 cm³/mol. The number of benzene rings is 1. The van der Waals surface area contributed by atoms with Crippen molar-refractivity contribution in [3.8, 4) is 0 Å². The average molecular weight is 334 g/mol. The van der Waals surface area contributed by atoms with Gasteiger partial charge in [-0.3, -0.25) is 9.69 Å². The quantitative estimate of drug-likeness (QED) is 0.808. The largest absolute Gasteiger partial charge is 0.465 e. The lowest BCUT2D eigenvalue weighted by Gasteiger charge is -2.24. The number of nitrogens with zero attached hydrogens (tertiary/aromatic N) is 2. The van der Waals surface area contributed by atoms with Gasteiger partial charge in [-0.05, 0) is 30.7 Å². The Balaban J connectivity index is 1.98. The number of esters is 1. The van der Waals surface area contributed by atoms with Crippen molar-refractivity contribution in [1.29, 1.82) is 0 Å². The number of anilines is 1. The predicted octanol–water partition coefficient (Wildman–Crippen LogP) is 3.02. The summed E-state index contributed by atoms with van der Waals surface area (Å²) in [6, 6.07) is 5.23. The molecule has 7 heteroatoms. The summed E-state index contributed by atoms with van der Waals surface area (Å²) < 4.78 is 4.73. The molecule has 114 valence electrons. The number of carbonyl (C=O) groups is 2. The summed E-state index contributed by atoms with van der Waals surface area (Å²) >= 11 is 3.11. The van der Waals surface area contributed by atoms with Crippen LogP contribution in [0.15, 0.2) is 29.8 Å². The Morgan fingerprint density at radius 2 is 2.27 bits per heavy atom. The molecular weight excluding hydrogens is 320 g/mol. The zero-order valence-electron chi connectivity index (χ0n) is 12.1. The highest BCUT2D eigenvalue weighted by molar-refractivity contribution is 8.01. The molecule has 1 aromatic carbocycles. The van der Waals surface area contributed by atoms with Crippen LogP contribution in [-0.2, 0) is 9.53 Å². The summed E-state index contributed by atoms with van der Waals surface area (Å²) in [5.74, 6) is 0.106. The third-order valence-corrected chi connectivity index (χ3v) is 5.55. The molecule has 2 aromatic rings. The standard InChI is InChI=1S/C15H14N2O3S2/c1-9-7-10(15(19)20-2)3-4-11(9)17-12(18)8-22-14(17)13-16-5-6-21-13/h3-7,14H,8H2,1-2H3. The molecule has 1 unspecified atom stereocenters. The molecule has 0 bridgehead atoms. The van der Waals surface area contributed by atoms with Gasteiger partial charge in [0.05, 0.1) is 18.4 Å². The number of thioether (sulfide) groups is 1. The van der Waals surface area contributed by atoms with Gasteiger partial charge in [-0.1, -0.05) is 0 Å². The van der Waals surface area contributed by atoms with Crippen molar-refractivity contribution in [3.05, 3.63) is 45.9 Å². The Kier molecular flexibility index (Phi) is 4.17. The highest BCUT2D eigenvalue weighted by Gasteiger charge is 2.36. The third-order valence-electron chi connectivity index (χ3n) is 3.41. The number of rotatable bonds is 3. The van der Waals surface area contributed by atoms with Crippen molar-refractivity contribution < 1.29 is 14.3 Å². The highest BCUT2D eigenvalue weighted by Crippen LogP contribution is 2.43. The molecule has 0 radical (unpaired) electrons. The van der Waals surface area contributed by atoms with Crippen molar-refractivity contribution in [2.75, 3.05) is 17.8 Å². The van der Waals surface area contributed by atoms with Gasteiger partial charge in [-0.15, -0.1) is 23.1 Å². The van der Waals surface area contributed by atoms with E-state index in [9.17, 15) is 9.59 Å². The van der Waals surface area contributed by atoms with Crippen LogP contribution in [0.25, 0.3) is 0 Å². The zero-order chi connectivity index (χ0) is 15.7. The van der Waals surface area contributed by atoms with Crippen LogP contribution in [0.3, 0.4) is 0 Å². The summed E-state index contributed by atoms with van der Waals surface area (Å²) in [5, 5.41) is 2.71. The molecule has 3 rings (SSSR count). The number of carbonyl (C=O) groups excluding carboxylic acids is 2. The second kappa shape index (κ2) is 6.10. The van der Waals surface area contributed by atoms with E-state index in [1.54, 1.807) is 41.1 Å². The Bertz CT molecular complexity index is 716. The minimum atomic E-state index is -0.381. The lowest BCUT2D eigenvalue weighted by molar-refractivity contribution is -0.115. The third kappa shape index (κ3) is 2.62. The molecule has 0 N–H and O–H groups in total. The van der Waals surface area contributed by atoms with Gasteiger partial charge >= 0.3 is 5.97 Å². The molecule has 1 amide bonds. The SMILES string of the molecule is COC(=O)c1ccc(N2C(=O)CSC2c2nccs2)c(C)c1. The Hall–Kier alpha value is -1.86. The molecule has 1 fully saturated rings. The molecule has 0 aliphatic carbocycles. The van der Waals surface area contributed by atoms with E-state index in [1.165, 1.54) is 18.4 Å². The smallest absolute Gasteiger partial charge is 0.337 e. The van der Waals surface area contributed by atoms with Gasteiger partial charge in [0, 0.05) is 17.3 Å². The van der Waals surface area contributed by atoms with Gasteiger partial charge in [0.2, 0.25) is 5.91 Å². The maximum Gasteiger partial charge on any atom is 0.337 e. The van der Waals surface area contributed by atoms with Gasteiger partial charge in [0.25, 0.3) is 0 Å². The molecule has 1 aromatic heterocycles. The fourth-order valence-electron chi connectivity index (χ4n) is 2.39. The first-order valence-corrected chi connectivity index (χ1v) is 8.56. The molecule has 1 atom stereocenters. The maximum absolute atomic E-state index is 12.3. The van der Waals surface area contributed by atoms with Gasteiger partial charge in [-0.2, -0.15) is 0 Å². The molecule has 1 aliphatic heterocycles. The molecule has 0 spiro atoms. The van der Waals surface area contributed by atoms with Crippen molar-refractivity contribution in [2.24, 2.45) is 0 Å². The normalized spacial score (nSPS) is 17.8. The molecular formula is C15H14N2O3S2. The van der Waals surface area contributed by atoms with Crippen LogP contribution in [0.1, 0.15) is 26.3 Å². The molecule has 1 aliphatic rings. The summed E-state index contributed by atoms with van der Waals surface area (Å²) in [6.45, 7) is 1.89. The highest BCUT2D eigenvalue weighted by atomic mass is 32.2. The van der Waals surface area contributed by atoms with Crippen molar-refractivity contribution in [2.45, 2.75) is 12.3 Å². The van der Waals surface area contributed by atoms with E-state index in [0.717, 1.165) is 16.3 Å². The first-order valence-electron chi connectivity index (χ1n) is 6.64. The number of hydrogen-bond acceptors (Lipinski definition) is 6. The number of thiazole rings is 1. The van der Waals surface area contributed by atoms with Crippen LogP contribution < -0.4 is 4.90 Å². The van der Waals surface area contributed by atoms with Crippen LogP contribution in [0.2, 0.25) is 0 Å². The topological polar surface area (TPSA) is 59.5 Å². The lowest BCUT2D eigenvalue weighted by atomic mass is 10.1. The average Bonchev–Trinajstić information content (AvgIpc) is 3.16. The molecule has 5 nitrogen and oxygen atoms in total. The number of methoxy groups -OCH3 is 1. The maximum atomic E-state index is 12.3. The van der Waals surface area contributed by atoms with E-state index in [0.29, 0.717) is 11.3 Å². The summed E-state index contributed by atoms with van der Waals surface area (Å²) in [7, 11) is 1.35. The minimum absolute atomic E-state index is 0.0547. The van der Waals surface area contributed by atoms with E-state index in [4.69, 9.17) is 4.74 Å². The Morgan fingerprint density at radius 1 is 1.45 bits per heavy atom. The van der Waals surface area contributed by atoms with E-state index in [1.807, 2.05) is 12.3 Å². The number of hydrogen-bond donors (Lipinski definition) is 0. The number of amides is 1. The van der Waals surface area contributed by atoms with Gasteiger partial charge in [0.1, 0.15) is 10.4 Å². The lowest BCUT2D eigenvalue weighted by Crippen LogP contribution is -2.28. The zero-order valence-corrected chi connectivity index (χ0v) is 13.7. The van der Waals surface area contributed by atoms with Crippen LogP contribution in [-0.4, -0.2) is 29.7 Å². The van der Waals surface area contributed by atoms with E-state index in [-0.39, 0.29) is 17.3 Å². The van der Waals surface area contributed by atoms with Crippen LogP contribution in [0, 0.1) is 6.92 Å². The van der Waals surface area contributed by atoms with Crippen molar-refractivity contribution >= 4 is 40.7 Å². The first-order chi connectivity index (χ1) is 10.6. The van der Waals surface area contributed by atoms with Crippen molar-refractivity contribution in [3.63, 3.8) is 0 Å². The fraction of sp³-hybridized carbons (Fsp3) is 0.267. The summed E-state index contributed by atoms with van der Waals surface area (Å²) in [5.41, 5.74) is 2.15. The van der Waals surface area contributed by atoms with Gasteiger partial charge in [0.15, 0.2) is 0 Å². The Labute approximate surface area is 136 Å². The van der Waals surface area contributed by atoms with Crippen molar-refractivity contribution in [1.82, 2.24) is 4.98 Å². The molecule has 22 heavy (non-hydrogen) atoms. The second-order valence-corrected chi connectivity index (χ2v) is 6.78. The van der Waals surface area contributed by atoms with Crippen LogP contribution >= 0.6 is 23.1 Å². The monoisotopic (exact) mass is 334 g/mol. The van der Waals surface area contributed by atoms with Crippen LogP contribution in [0.4, 0.5) is 5.69 Å². The fourth-order valence-corrected chi connectivity index (χ4v) is 4.39. The van der Waals surface area contributed by atoms with E-state index >= 15 is 0 Å². The molecule has 1 saturated heterocycles. The summed E-state index contributed by atoms with van der Waals surface area (Å²) in [4.78, 5) is 30.0. The van der Waals surface area contributed by atoms with Crippen LogP contribution in [0.5, 0.6) is 0 Å². The Morgan fingerprint density at radius 3 is 2.91 bits per heavy atom.